The van der Waals surface area contributed by atoms with Crippen molar-refractivity contribution in [1.82, 2.24) is 10.2 Å². The summed E-state index contributed by atoms with van der Waals surface area (Å²) in [4.78, 5) is 27.6. The molecule has 5 aliphatic rings. The highest BCUT2D eigenvalue weighted by Crippen LogP contribution is 2.55. The Morgan fingerprint density at radius 2 is 1.71 bits per heavy atom. The third-order valence-electron chi connectivity index (χ3n) is 6.70. The summed E-state index contributed by atoms with van der Waals surface area (Å²) >= 11 is 1.47. The van der Waals surface area contributed by atoms with E-state index in [1.165, 1.54) is 49.9 Å². The Kier molecular flexibility index (Phi) is 3.31. The van der Waals surface area contributed by atoms with E-state index >= 15 is 0 Å². The molecule has 6 rings (SSSR count). The van der Waals surface area contributed by atoms with Crippen LogP contribution in [0.1, 0.15) is 48.2 Å². The molecule has 4 bridgehead atoms. The molecule has 0 atom stereocenters. The third-order valence-corrected chi connectivity index (χ3v) is 7.56. The summed E-state index contributed by atoms with van der Waals surface area (Å²) in [7, 11) is 0. The van der Waals surface area contributed by atoms with E-state index in [9.17, 15) is 9.59 Å². The van der Waals surface area contributed by atoms with Gasteiger partial charge in [-0.15, -0.1) is 11.3 Å². The molecule has 1 aromatic heterocycles. The van der Waals surface area contributed by atoms with E-state index in [0.29, 0.717) is 13.1 Å². The van der Waals surface area contributed by atoms with Gasteiger partial charge in [-0.05, 0) is 67.7 Å². The van der Waals surface area contributed by atoms with Gasteiger partial charge in [-0.3, -0.25) is 9.59 Å². The molecule has 1 N–H and O–H groups in total. The van der Waals surface area contributed by atoms with Crippen LogP contribution in [-0.2, 0) is 4.79 Å². The van der Waals surface area contributed by atoms with Crippen LogP contribution in [0.2, 0.25) is 0 Å². The van der Waals surface area contributed by atoms with Crippen LogP contribution in [0.15, 0.2) is 17.5 Å². The number of amides is 2. The van der Waals surface area contributed by atoms with E-state index in [0.717, 1.165) is 22.6 Å². The molecule has 2 amide bonds. The predicted molar refractivity (Wildman–Crippen MR) is 92.8 cm³/mol. The van der Waals surface area contributed by atoms with Crippen molar-refractivity contribution in [2.45, 2.75) is 44.1 Å². The SMILES string of the molecule is O=C(NC12CC3CC(CC(C3)C1)C2)C1CN(C(=O)c2cccs2)C1. The first-order valence-corrected chi connectivity index (χ1v) is 10.1. The topological polar surface area (TPSA) is 49.4 Å². The molecule has 4 nitrogen and oxygen atoms in total. The van der Waals surface area contributed by atoms with Crippen molar-refractivity contribution in [3.8, 4) is 0 Å². The van der Waals surface area contributed by atoms with Gasteiger partial charge in [0, 0.05) is 18.6 Å². The highest BCUT2D eigenvalue weighted by atomic mass is 32.1. The molecule has 4 saturated carbocycles. The Morgan fingerprint density at radius 1 is 1.08 bits per heavy atom. The number of nitrogens with one attached hydrogen (secondary N) is 1. The second kappa shape index (κ2) is 5.32. The van der Waals surface area contributed by atoms with Crippen molar-refractivity contribution in [3.63, 3.8) is 0 Å². The summed E-state index contributed by atoms with van der Waals surface area (Å²) in [6.45, 7) is 1.16. The van der Waals surface area contributed by atoms with E-state index in [2.05, 4.69) is 5.32 Å². The zero-order valence-electron chi connectivity index (χ0n) is 13.9. The molecule has 1 aliphatic heterocycles. The lowest BCUT2D eigenvalue weighted by Crippen LogP contribution is -2.64. The van der Waals surface area contributed by atoms with Gasteiger partial charge in [0.15, 0.2) is 0 Å². The fourth-order valence-electron chi connectivity index (χ4n) is 5.99. The largest absolute Gasteiger partial charge is 0.350 e. The van der Waals surface area contributed by atoms with Gasteiger partial charge >= 0.3 is 0 Å². The van der Waals surface area contributed by atoms with Crippen molar-refractivity contribution >= 4 is 23.2 Å². The summed E-state index contributed by atoms with van der Waals surface area (Å²) in [5.74, 6) is 2.78. The van der Waals surface area contributed by atoms with Crippen LogP contribution in [0, 0.1) is 23.7 Å². The zero-order valence-corrected chi connectivity index (χ0v) is 14.7. The van der Waals surface area contributed by atoms with E-state index in [-0.39, 0.29) is 23.3 Å². The van der Waals surface area contributed by atoms with E-state index in [1.54, 1.807) is 4.90 Å². The number of hydrogen-bond donors (Lipinski definition) is 1. The van der Waals surface area contributed by atoms with Crippen molar-refractivity contribution in [3.05, 3.63) is 22.4 Å². The lowest BCUT2D eigenvalue weighted by atomic mass is 9.53. The number of nitrogens with zero attached hydrogens (tertiary/aromatic N) is 1. The molecule has 5 heteroatoms. The van der Waals surface area contributed by atoms with Gasteiger partial charge in [0.1, 0.15) is 0 Å². The summed E-state index contributed by atoms with van der Waals surface area (Å²) < 4.78 is 0. The van der Waals surface area contributed by atoms with E-state index < -0.39 is 0 Å². The Morgan fingerprint density at radius 3 is 2.25 bits per heavy atom. The first kappa shape index (κ1) is 14.9. The van der Waals surface area contributed by atoms with Crippen LogP contribution in [-0.4, -0.2) is 35.3 Å². The second-order valence-corrected chi connectivity index (χ2v) is 9.52. The third kappa shape index (κ3) is 2.40. The first-order chi connectivity index (χ1) is 11.6. The Balaban J connectivity index is 1.20. The average molecular weight is 344 g/mol. The Hall–Kier alpha value is -1.36. The minimum atomic E-state index is -0.0121. The van der Waals surface area contributed by atoms with Crippen LogP contribution in [0.5, 0.6) is 0 Å². The summed E-state index contributed by atoms with van der Waals surface area (Å²) in [5, 5.41) is 5.37. The standard InChI is InChI=1S/C19H24N2O2S/c22-17(15-10-21(11-15)18(23)16-2-1-3-24-16)20-19-7-12-4-13(8-19)6-14(5-12)9-19/h1-3,12-15H,4-11H2,(H,20,22). The average Bonchev–Trinajstić information content (AvgIpc) is 2.97. The van der Waals surface area contributed by atoms with Gasteiger partial charge in [-0.2, -0.15) is 0 Å². The number of hydrogen-bond acceptors (Lipinski definition) is 3. The fourth-order valence-corrected chi connectivity index (χ4v) is 6.68. The molecule has 0 spiro atoms. The van der Waals surface area contributed by atoms with Crippen molar-refractivity contribution in [1.29, 1.82) is 0 Å². The number of thiophene rings is 1. The molecule has 0 unspecified atom stereocenters. The van der Waals surface area contributed by atoms with Crippen molar-refractivity contribution in [2.75, 3.05) is 13.1 Å². The molecule has 1 aromatic rings. The molecule has 24 heavy (non-hydrogen) atoms. The lowest BCUT2D eigenvalue weighted by Gasteiger charge is -2.57. The lowest BCUT2D eigenvalue weighted by molar-refractivity contribution is -0.134. The van der Waals surface area contributed by atoms with E-state index in [4.69, 9.17) is 0 Å². The summed E-state index contributed by atoms with van der Waals surface area (Å²) in [5.41, 5.74) is 0.0873. The van der Waals surface area contributed by atoms with Gasteiger partial charge in [-0.25, -0.2) is 0 Å². The monoisotopic (exact) mass is 344 g/mol. The number of carbonyl (C=O) groups is 2. The Labute approximate surface area is 146 Å². The predicted octanol–water partition coefficient (Wildman–Crippen LogP) is 2.91. The minimum Gasteiger partial charge on any atom is -0.350 e. The van der Waals surface area contributed by atoms with Gasteiger partial charge in [0.05, 0.1) is 10.8 Å². The maximum Gasteiger partial charge on any atom is 0.263 e. The smallest absolute Gasteiger partial charge is 0.263 e. The minimum absolute atomic E-state index is 0.0121. The molecule has 4 aliphatic carbocycles. The van der Waals surface area contributed by atoms with Crippen LogP contribution < -0.4 is 5.32 Å². The first-order valence-electron chi connectivity index (χ1n) is 9.25. The van der Waals surface area contributed by atoms with E-state index in [1.807, 2.05) is 17.5 Å². The number of carbonyl (C=O) groups excluding carboxylic acids is 2. The highest BCUT2D eigenvalue weighted by Gasteiger charge is 2.52. The molecule has 0 aromatic carbocycles. The van der Waals surface area contributed by atoms with Crippen LogP contribution in [0.3, 0.4) is 0 Å². The quantitative estimate of drug-likeness (QED) is 0.916. The van der Waals surface area contributed by atoms with Crippen LogP contribution >= 0.6 is 11.3 Å². The van der Waals surface area contributed by atoms with Gasteiger partial charge in [0.25, 0.3) is 5.91 Å². The molecule has 5 fully saturated rings. The summed E-state index contributed by atoms with van der Waals surface area (Å²) in [6.07, 6.45) is 7.74. The number of rotatable bonds is 3. The fraction of sp³-hybridized carbons (Fsp3) is 0.684. The molecular formula is C19H24N2O2S. The van der Waals surface area contributed by atoms with Gasteiger partial charge in [-0.1, -0.05) is 6.07 Å². The molecule has 1 saturated heterocycles. The van der Waals surface area contributed by atoms with Gasteiger partial charge < -0.3 is 10.2 Å². The number of likely N-dealkylation sites (tertiary alicyclic amines) is 1. The maximum atomic E-state index is 12.7. The molecule has 128 valence electrons. The van der Waals surface area contributed by atoms with Crippen molar-refractivity contribution < 1.29 is 9.59 Å². The van der Waals surface area contributed by atoms with Crippen molar-refractivity contribution in [2.24, 2.45) is 23.7 Å². The molecular weight excluding hydrogens is 320 g/mol. The molecule has 2 heterocycles. The zero-order chi connectivity index (χ0) is 16.3. The van der Waals surface area contributed by atoms with Gasteiger partial charge in [0.2, 0.25) is 5.91 Å². The summed E-state index contributed by atoms with van der Waals surface area (Å²) in [6, 6.07) is 3.75. The second-order valence-electron chi connectivity index (χ2n) is 8.57. The van der Waals surface area contributed by atoms with Crippen LogP contribution in [0.25, 0.3) is 0 Å². The molecule has 0 radical (unpaired) electrons. The maximum absolute atomic E-state index is 12.7. The Bertz CT molecular complexity index is 628. The highest BCUT2D eigenvalue weighted by molar-refractivity contribution is 7.12. The normalized spacial score (nSPS) is 37.3. The van der Waals surface area contributed by atoms with Crippen LogP contribution in [0.4, 0.5) is 0 Å².